The smallest absolute Gasteiger partial charge is 0.0689 e. The van der Waals surface area contributed by atoms with Gasteiger partial charge in [-0.15, -0.1) is 0 Å². The molecule has 0 aromatic heterocycles. The van der Waals surface area contributed by atoms with Gasteiger partial charge in [0.05, 0.1) is 5.09 Å². The zero-order valence-electron chi connectivity index (χ0n) is 13.9. The van der Waals surface area contributed by atoms with Crippen LogP contribution in [-0.4, -0.2) is 18.6 Å². The first kappa shape index (κ1) is 22.0. The minimum atomic E-state index is -1.75. The van der Waals surface area contributed by atoms with Crippen LogP contribution >= 0.6 is 0 Å². The summed E-state index contributed by atoms with van der Waals surface area (Å²) in [5, 5.41) is 21.4. The molecule has 0 saturated heterocycles. The molecule has 0 radical (unpaired) electrons. The molecule has 0 atom stereocenters. The van der Waals surface area contributed by atoms with Crippen molar-refractivity contribution < 1.29 is 5.09 Å². The summed E-state index contributed by atoms with van der Waals surface area (Å²) in [6.45, 7) is 9.47. The van der Waals surface area contributed by atoms with Gasteiger partial charge in [0.1, 0.15) is 0 Å². The standard InChI is InChI=1S/C15H34As.NO3/c1-5-9-13-16(12-8-4,14-10-6-2)15-11-7-3;2-1(3)4/h5-15H2,1-4H3;/q+1;-1. The van der Waals surface area contributed by atoms with Crippen molar-refractivity contribution in [1.29, 1.82) is 0 Å². The van der Waals surface area contributed by atoms with E-state index in [1.807, 2.05) is 0 Å². The molecule has 4 nitrogen and oxygen atoms in total. The maximum atomic E-state index is 8.25. The molecule has 0 heterocycles. The van der Waals surface area contributed by atoms with Crippen LogP contribution in [0.3, 0.4) is 0 Å². The number of unbranched alkanes of at least 4 members (excludes halogenated alkanes) is 3. The summed E-state index contributed by atoms with van der Waals surface area (Å²) in [6.07, 6.45) is 10.2. The Morgan fingerprint density at radius 3 is 1.20 bits per heavy atom. The molecule has 0 aliphatic rings. The predicted octanol–water partition coefficient (Wildman–Crippen LogP) is 6.01. The van der Waals surface area contributed by atoms with E-state index >= 15 is 0 Å². The molecule has 0 aromatic carbocycles. The van der Waals surface area contributed by atoms with Crippen LogP contribution in [0.2, 0.25) is 20.8 Å². The van der Waals surface area contributed by atoms with Gasteiger partial charge >= 0.3 is 107 Å². The molecule has 0 spiro atoms. The van der Waals surface area contributed by atoms with Crippen molar-refractivity contribution in [3.63, 3.8) is 0 Å². The zero-order chi connectivity index (χ0) is 15.9. The van der Waals surface area contributed by atoms with Crippen LogP contribution in [0.1, 0.15) is 72.6 Å². The summed E-state index contributed by atoms with van der Waals surface area (Å²) in [6, 6.07) is 0. The molecular formula is C15H34AsNO3. The third-order valence-electron chi connectivity index (χ3n) is 3.66. The molecule has 20 heavy (non-hydrogen) atoms. The Hall–Kier alpha value is -0.242. The first-order valence-corrected chi connectivity index (χ1v) is 13.4. The van der Waals surface area contributed by atoms with E-state index in [0.717, 1.165) is 0 Å². The molecule has 122 valence electrons. The average molecular weight is 351 g/mol. The largest absolute Gasteiger partial charge is 0.356 e. The number of nitrogens with zero attached hydrogens (tertiary/aromatic N) is 1. The summed E-state index contributed by atoms with van der Waals surface area (Å²) < 4.78 is 0. The zero-order valence-corrected chi connectivity index (χ0v) is 15.8. The monoisotopic (exact) mass is 351 g/mol. The molecule has 0 aliphatic heterocycles. The number of rotatable bonds is 11. The Balaban J connectivity index is 0. The van der Waals surface area contributed by atoms with Crippen LogP contribution in [0.4, 0.5) is 0 Å². The first-order chi connectivity index (χ1) is 9.47. The summed E-state index contributed by atoms with van der Waals surface area (Å²) in [7, 11) is 0. The average Bonchev–Trinajstić information content (AvgIpc) is 2.40. The fourth-order valence-corrected chi connectivity index (χ4v) is 13.6. The molecule has 0 unspecified atom stereocenters. The Morgan fingerprint density at radius 1 is 0.700 bits per heavy atom. The van der Waals surface area contributed by atoms with Gasteiger partial charge in [-0.3, -0.25) is 0 Å². The fourth-order valence-electron chi connectivity index (χ4n) is 2.63. The Labute approximate surface area is 127 Å². The van der Waals surface area contributed by atoms with Crippen LogP contribution in [0.5, 0.6) is 0 Å². The third-order valence-corrected chi connectivity index (χ3v) is 14.5. The van der Waals surface area contributed by atoms with Gasteiger partial charge in [-0.25, -0.2) is 0 Å². The van der Waals surface area contributed by atoms with Crippen LogP contribution in [-0.2, 0) is 0 Å². The van der Waals surface area contributed by atoms with Gasteiger partial charge in [0, 0.05) is 0 Å². The molecule has 0 amide bonds. The molecule has 5 heteroatoms. The number of hydrogen-bond acceptors (Lipinski definition) is 3. The third kappa shape index (κ3) is 14.2. The minimum absolute atomic E-state index is 1.23. The maximum absolute atomic E-state index is 8.25. The Bertz CT molecular complexity index is 199. The predicted molar refractivity (Wildman–Crippen MR) is 90.4 cm³/mol. The second-order valence-corrected chi connectivity index (χ2v) is 14.9. The van der Waals surface area contributed by atoms with Crippen molar-refractivity contribution in [2.24, 2.45) is 0 Å². The quantitative estimate of drug-likeness (QED) is 0.260. The molecule has 0 N–H and O–H groups in total. The van der Waals surface area contributed by atoms with E-state index < -0.39 is 18.6 Å². The molecule has 0 bridgehead atoms. The van der Waals surface area contributed by atoms with Gasteiger partial charge in [-0.2, -0.15) is 0 Å². The second-order valence-electron chi connectivity index (χ2n) is 5.52. The van der Waals surface area contributed by atoms with Crippen molar-refractivity contribution in [1.82, 2.24) is 0 Å². The van der Waals surface area contributed by atoms with Gasteiger partial charge in [0.25, 0.3) is 0 Å². The number of hydrogen-bond donors (Lipinski definition) is 0. The van der Waals surface area contributed by atoms with E-state index in [9.17, 15) is 0 Å². The molecule has 0 aliphatic carbocycles. The summed E-state index contributed by atoms with van der Waals surface area (Å²) in [4.78, 5) is 8.25. The van der Waals surface area contributed by atoms with Crippen LogP contribution < -0.4 is 0 Å². The maximum Gasteiger partial charge on any atom is 0.0689 e. The summed E-state index contributed by atoms with van der Waals surface area (Å²) in [5.74, 6) is 0. The van der Waals surface area contributed by atoms with E-state index in [4.69, 9.17) is 15.3 Å². The topological polar surface area (TPSA) is 66.2 Å². The van der Waals surface area contributed by atoms with E-state index in [2.05, 4.69) is 27.7 Å². The Kier molecular flexibility index (Phi) is 16.7. The molecule has 0 aromatic rings. The van der Waals surface area contributed by atoms with Gasteiger partial charge in [-0.05, 0) is 0 Å². The van der Waals surface area contributed by atoms with E-state index in [1.54, 1.807) is 20.8 Å². The van der Waals surface area contributed by atoms with Crippen LogP contribution in [0.25, 0.3) is 0 Å². The van der Waals surface area contributed by atoms with Crippen molar-refractivity contribution in [3.8, 4) is 0 Å². The molecule has 0 saturated carbocycles. The van der Waals surface area contributed by atoms with Gasteiger partial charge in [-0.1, -0.05) is 0 Å². The van der Waals surface area contributed by atoms with Gasteiger partial charge in [0.15, 0.2) is 0 Å². The molecular weight excluding hydrogens is 317 g/mol. The van der Waals surface area contributed by atoms with Gasteiger partial charge < -0.3 is 15.3 Å². The summed E-state index contributed by atoms with van der Waals surface area (Å²) in [5.41, 5.74) is 0. The van der Waals surface area contributed by atoms with Gasteiger partial charge in [0.2, 0.25) is 0 Å². The van der Waals surface area contributed by atoms with Crippen molar-refractivity contribution in [3.05, 3.63) is 15.3 Å². The van der Waals surface area contributed by atoms with Crippen molar-refractivity contribution >= 4 is 13.6 Å². The normalized spacial score (nSPS) is 10.8. The fraction of sp³-hybridized carbons (Fsp3) is 1.00. The minimum Gasteiger partial charge on any atom is -0.356 e. The van der Waals surface area contributed by atoms with Crippen LogP contribution in [0, 0.1) is 15.3 Å². The van der Waals surface area contributed by atoms with E-state index in [1.165, 1.54) is 44.9 Å². The SMILES string of the molecule is CCCC[As+](CCC)(CCCC)CCCC.O=[N+]([O-])[O-]. The van der Waals surface area contributed by atoms with Crippen molar-refractivity contribution in [2.45, 2.75) is 93.5 Å². The van der Waals surface area contributed by atoms with Crippen LogP contribution in [0.15, 0.2) is 0 Å². The Morgan fingerprint density at radius 2 is 1.00 bits per heavy atom. The molecule has 0 rings (SSSR count). The molecule has 0 fully saturated rings. The van der Waals surface area contributed by atoms with E-state index in [0.29, 0.717) is 0 Å². The summed E-state index contributed by atoms with van der Waals surface area (Å²) >= 11 is -1.23. The van der Waals surface area contributed by atoms with Crippen molar-refractivity contribution in [2.75, 3.05) is 0 Å². The first-order valence-electron chi connectivity index (χ1n) is 8.14. The second kappa shape index (κ2) is 15.2. The van der Waals surface area contributed by atoms with E-state index in [-0.39, 0.29) is 0 Å².